The number of ether oxygens (including phenoxy) is 1. The zero-order valence-electron chi connectivity index (χ0n) is 14.2. The Labute approximate surface area is 145 Å². The summed E-state index contributed by atoms with van der Waals surface area (Å²) < 4.78 is 5.24. The van der Waals surface area contributed by atoms with E-state index >= 15 is 0 Å². The number of halogens is 1. The first-order valence-corrected chi connectivity index (χ1v) is 7.07. The average molecular weight is 414 g/mol. The van der Waals surface area contributed by atoms with Gasteiger partial charge < -0.3 is 21.1 Å². The Balaban J connectivity index is 0. The van der Waals surface area contributed by atoms with Gasteiger partial charge in [-0.2, -0.15) is 0 Å². The van der Waals surface area contributed by atoms with E-state index in [4.69, 9.17) is 10.5 Å². The average Bonchev–Trinajstić information content (AvgIpc) is 2.19. The van der Waals surface area contributed by atoms with Gasteiger partial charge in [-0.25, -0.2) is 4.79 Å². The van der Waals surface area contributed by atoms with Crippen molar-refractivity contribution in [2.75, 3.05) is 6.54 Å². The number of alkyl carbamates (subject to hydrolysis) is 1. The number of carbonyl (C=O) groups excluding carboxylic acids is 1. The second-order valence-electron chi connectivity index (χ2n) is 6.52. The molecule has 0 rings (SSSR count). The molecule has 1 atom stereocenters. The SMILES string of the molecule is CC(C)NC(N)=NCC(NC(=O)OC(C)(C)C)C(C)C.I. The maximum absolute atomic E-state index is 11.8. The molecular weight excluding hydrogens is 383 g/mol. The van der Waals surface area contributed by atoms with E-state index in [9.17, 15) is 4.79 Å². The van der Waals surface area contributed by atoms with Gasteiger partial charge in [0, 0.05) is 6.04 Å². The van der Waals surface area contributed by atoms with E-state index in [-0.39, 0.29) is 42.0 Å². The minimum absolute atomic E-state index is 0. The van der Waals surface area contributed by atoms with Crippen molar-refractivity contribution < 1.29 is 9.53 Å². The van der Waals surface area contributed by atoms with Crippen LogP contribution in [0.3, 0.4) is 0 Å². The van der Waals surface area contributed by atoms with Gasteiger partial charge in [-0.05, 0) is 40.5 Å². The number of guanidine groups is 1. The summed E-state index contributed by atoms with van der Waals surface area (Å²) in [6, 6.07) is 0.118. The second kappa shape index (κ2) is 10.1. The standard InChI is InChI=1S/C14H30N4O2.HI/c1-9(2)11(8-16-12(15)17-10(3)4)18-13(19)20-14(5,6)7;/h9-11H,8H2,1-7H3,(H,18,19)(H3,15,16,17);1H. The molecule has 4 N–H and O–H groups in total. The highest BCUT2D eigenvalue weighted by Crippen LogP contribution is 2.08. The highest BCUT2D eigenvalue weighted by atomic mass is 127. The highest BCUT2D eigenvalue weighted by Gasteiger charge is 2.21. The number of hydrogen-bond donors (Lipinski definition) is 3. The lowest BCUT2D eigenvalue weighted by atomic mass is 10.1. The van der Waals surface area contributed by atoms with Crippen LogP contribution in [0.15, 0.2) is 4.99 Å². The zero-order valence-corrected chi connectivity index (χ0v) is 16.5. The van der Waals surface area contributed by atoms with Gasteiger partial charge in [-0.3, -0.25) is 4.99 Å². The van der Waals surface area contributed by atoms with Gasteiger partial charge in [0.2, 0.25) is 0 Å². The van der Waals surface area contributed by atoms with Gasteiger partial charge in [0.05, 0.1) is 12.6 Å². The number of nitrogens with two attached hydrogens (primary N) is 1. The van der Waals surface area contributed by atoms with Crippen LogP contribution in [0.4, 0.5) is 4.79 Å². The Morgan fingerprint density at radius 2 is 1.71 bits per heavy atom. The molecule has 0 aromatic rings. The maximum atomic E-state index is 11.8. The number of aliphatic imine (C=N–C) groups is 1. The van der Waals surface area contributed by atoms with Crippen molar-refractivity contribution >= 4 is 36.0 Å². The molecule has 21 heavy (non-hydrogen) atoms. The van der Waals surface area contributed by atoms with E-state index in [1.807, 2.05) is 48.5 Å². The largest absolute Gasteiger partial charge is 0.444 e. The number of amides is 1. The molecule has 0 aliphatic heterocycles. The van der Waals surface area contributed by atoms with Crippen LogP contribution in [0.2, 0.25) is 0 Å². The van der Waals surface area contributed by atoms with Crippen LogP contribution >= 0.6 is 24.0 Å². The fourth-order valence-corrected chi connectivity index (χ4v) is 1.42. The van der Waals surface area contributed by atoms with Gasteiger partial charge in [0.15, 0.2) is 5.96 Å². The first-order valence-electron chi connectivity index (χ1n) is 7.07. The van der Waals surface area contributed by atoms with Crippen LogP contribution in [-0.2, 0) is 4.74 Å². The highest BCUT2D eigenvalue weighted by molar-refractivity contribution is 14.0. The number of nitrogens with one attached hydrogen (secondary N) is 2. The van der Waals surface area contributed by atoms with Crippen molar-refractivity contribution in [3.8, 4) is 0 Å². The molecule has 0 aliphatic carbocycles. The van der Waals surface area contributed by atoms with Gasteiger partial charge in [0.1, 0.15) is 5.60 Å². The molecule has 0 aliphatic rings. The molecule has 0 saturated heterocycles. The third-order valence-corrected chi connectivity index (χ3v) is 2.40. The Kier molecular flexibility index (Phi) is 10.8. The molecule has 0 bridgehead atoms. The molecule has 0 heterocycles. The lowest BCUT2D eigenvalue weighted by molar-refractivity contribution is 0.0493. The van der Waals surface area contributed by atoms with Crippen molar-refractivity contribution in [2.24, 2.45) is 16.6 Å². The number of nitrogens with zero attached hydrogens (tertiary/aromatic N) is 1. The van der Waals surface area contributed by atoms with Crippen molar-refractivity contribution in [1.82, 2.24) is 10.6 Å². The van der Waals surface area contributed by atoms with E-state index in [0.29, 0.717) is 12.5 Å². The lowest BCUT2D eigenvalue weighted by Crippen LogP contribution is -2.44. The molecule has 6 nitrogen and oxygen atoms in total. The second-order valence-corrected chi connectivity index (χ2v) is 6.52. The molecule has 0 aromatic heterocycles. The van der Waals surface area contributed by atoms with E-state index < -0.39 is 11.7 Å². The Morgan fingerprint density at radius 1 is 1.19 bits per heavy atom. The predicted molar refractivity (Wildman–Crippen MR) is 98.2 cm³/mol. The summed E-state index contributed by atoms with van der Waals surface area (Å²) >= 11 is 0. The third-order valence-electron chi connectivity index (χ3n) is 2.40. The van der Waals surface area contributed by atoms with Gasteiger partial charge in [0.25, 0.3) is 0 Å². The van der Waals surface area contributed by atoms with Crippen LogP contribution in [0.5, 0.6) is 0 Å². The summed E-state index contributed by atoms with van der Waals surface area (Å²) in [7, 11) is 0. The summed E-state index contributed by atoms with van der Waals surface area (Å²) in [6.45, 7) is 13.9. The summed E-state index contributed by atoms with van der Waals surface area (Å²) in [5.41, 5.74) is 5.24. The van der Waals surface area contributed by atoms with Crippen LogP contribution in [0.1, 0.15) is 48.5 Å². The molecule has 0 spiro atoms. The summed E-state index contributed by atoms with van der Waals surface area (Å²) in [4.78, 5) is 16.0. The minimum atomic E-state index is -0.507. The molecule has 0 fully saturated rings. The van der Waals surface area contributed by atoms with Crippen molar-refractivity contribution in [3.63, 3.8) is 0 Å². The number of hydrogen-bond acceptors (Lipinski definition) is 3. The molecule has 7 heteroatoms. The van der Waals surface area contributed by atoms with Crippen LogP contribution in [0.25, 0.3) is 0 Å². The fourth-order valence-electron chi connectivity index (χ4n) is 1.42. The molecule has 1 unspecified atom stereocenters. The molecule has 0 saturated carbocycles. The number of carbonyl (C=O) groups is 1. The Hall–Kier alpha value is -0.730. The van der Waals surface area contributed by atoms with Crippen molar-refractivity contribution in [2.45, 2.75) is 66.2 Å². The number of rotatable bonds is 5. The molecule has 126 valence electrons. The normalized spacial score (nSPS) is 13.7. The zero-order chi connectivity index (χ0) is 15.9. The lowest BCUT2D eigenvalue weighted by Gasteiger charge is -2.25. The monoisotopic (exact) mass is 414 g/mol. The van der Waals surface area contributed by atoms with E-state index in [0.717, 1.165) is 0 Å². The summed E-state index contributed by atoms with van der Waals surface area (Å²) in [5, 5.41) is 5.84. The molecular formula is C14H31IN4O2. The molecule has 1 amide bonds. The maximum Gasteiger partial charge on any atom is 0.407 e. The summed E-state index contributed by atoms with van der Waals surface area (Å²) in [6.07, 6.45) is -0.429. The van der Waals surface area contributed by atoms with Gasteiger partial charge >= 0.3 is 6.09 Å². The van der Waals surface area contributed by atoms with E-state index in [2.05, 4.69) is 15.6 Å². The van der Waals surface area contributed by atoms with E-state index in [1.165, 1.54) is 0 Å². The smallest absolute Gasteiger partial charge is 0.407 e. The van der Waals surface area contributed by atoms with Crippen LogP contribution in [-0.4, -0.2) is 36.3 Å². The topological polar surface area (TPSA) is 88.7 Å². The Morgan fingerprint density at radius 3 is 2.10 bits per heavy atom. The van der Waals surface area contributed by atoms with Crippen LogP contribution < -0.4 is 16.4 Å². The minimum Gasteiger partial charge on any atom is -0.444 e. The summed E-state index contributed by atoms with van der Waals surface area (Å²) in [5.74, 6) is 0.620. The van der Waals surface area contributed by atoms with Crippen molar-refractivity contribution in [1.29, 1.82) is 0 Å². The van der Waals surface area contributed by atoms with Crippen molar-refractivity contribution in [3.05, 3.63) is 0 Å². The van der Waals surface area contributed by atoms with Gasteiger partial charge in [-0.15, -0.1) is 24.0 Å². The third kappa shape index (κ3) is 12.7. The molecule has 0 radical (unpaired) electrons. The van der Waals surface area contributed by atoms with Crippen LogP contribution in [0, 0.1) is 5.92 Å². The predicted octanol–water partition coefficient (Wildman–Crippen LogP) is 2.47. The fraction of sp³-hybridized carbons (Fsp3) is 0.857. The first kappa shape index (κ1) is 22.5. The Bertz CT molecular complexity index is 338. The molecule has 0 aromatic carbocycles. The van der Waals surface area contributed by atoms with Gasteiger partial charge in [-0.1, -0.05) is 13.8 Å². The van der Waals surface area contributed by atoms with E-state index in [1.54, 1.807) is 0 Å². The first-order chi connectivity index (χ1) is 9.01. The quantitative estimate of drug-likeness (QED) is 0.366.